The van der Waals surface area contributed by atoms with Crippen LogP contribution in [0.15, 0.2) is 24.3 Å². The highest BCUT2D eigenvalue weighted by molar-refractivity contribution is 5.90. The van der Waals surface area contributed by atoms with E-state index in [1.54, 1.807) is 12.1 Å². The van der Waals surface area contributed by atoms with Crippen LogP contribution >= 0.6 is 0 Å². The summed E-state index contributed by atoms with van der Waals surface area (Å²) in [5.74, 6) is -1.30. The molecule has 1 heterocycles. The van der Waals surface area contributed by atoms with E-state index in [4.69, 9.17) is 5.11 Å². The minimum atomic E-state index is -0.779. The summed E-state index contributed by atoms with van der Waals surface area (Å²) in [6.45, 7) is 2.08. The van der Waals surface area contributed by atoms with Crippen LogP contribution < -0.4 is 5.32 Å². The molecule has 114 valence electrons. The number of hydrogen-bond acceptors (Lipinski definition) is 3. The van der Waals surface area contributed by atoms with Crippen molar-refractivity contribution >= 4 is 17.6 Å². The summed E-state index contributed by atoms with van der Waals surface area (Å²) in [6, 6.07) is 6.05. The lowest BCUT2D eigenvalue weighted by molar-refractivity contribution is -0.138. The number of anilines is 1. The highest BCUT2D eigenvalue weighted by atomic mass is 19.1. The molecular formula is C15H19FN2O3. The van der Waals surface area contributed by atoms with Crippen molar-refractivity contribution in [2.24, 2.45) is 5.92 Å². The van der Waals surface area contributed by atoms with Crippen LogP contribution in [0.2, 0.25) is 0 Å². The Morgan fingerprint density at radius 3 is 2.86 bits per heavy atom. The first-order valence-electron chi connectivity index (χ1n) is 7.03. The van der Waals surface area contributed by atoms with Crippen LogP contribution in [-0.2, 0) is 9.59 Å². The van der Waals surface area contributed by atoms with Crippen molar-refractivity contribution in [2.75, 3.05) is 25.0 Å². The van der Waals surface area contributed by atoms with Gasteiger partial charge in [0, 0.05) is 25.9 Å². The third-order valence-electron chi connectivity index (χ3n) is 3.64. The summed E-state index contributed by atoms with van der Waals surface area (Å²) in [4.78, 5) is 24.5. The van der Waals surface area contributed by atoms with E-state index in [-0.39, 0.29) is 30.4 Å². The normalized spacial score (nSPS) is 18.6. The number of carboxylic acids is 1. The van der Waals surface area contributed by atoms with Crippen LogP contribution in [0.1, 0.15) is 19.3 Å². The largest absolute Gasteiger partial charge is 0.481 e. The number of amides is 1. The molecule has 5 nitrogen and oxygen atoms in total. The molecule has 0 aliphatic carbocycles. The Labute approximate surface area is 122 Å². The minimum absolute atomic E-state index is 0.164. The van der Waals surface area contributed by atoms with Gasteiger partial charge in [-0.3, -0.25) is 9.59 Å². The smallest absolute Gasteiger partial charge is 0.303 e. The number of para-hydroxylation sites is 1. The van der Waals surface area contributed by atoms with Gasteiger partial charge < -0.3 is 15.3 Å². The SMILES string of the molecule is O=C(O)CC1CCN(CCC(=O)Nc2ccccc2F)C1. The Bertz CT molecular complexity index is 521. The lowest BCUT2D eigenvalue weighted by Gasteiger charge is -2.15. The molecule has 1 aliphatic rings. The van der Waals surface area contributed by atoms with Gasteiger partial charge in [0.1, 0.15) is 5.82 Å². The quantitative estimate of drug-likeness (QED) is 0.841. The molecule has 1 aromatic rings. The van der Waals surface area contributed by atoms with Gasteiger partial charge in [-0.05, 0) is 31.0 Å². The van der Waals surface area contributed by atoms with Crippen molar-refractivity contribution in [3.8, 4) is 0 Å². The maximum absolute atomic E-state index is 13.4. The second-order valence-corrected chi connectivity index (χ2v) is 5.33. The number of nitrogens with one attached hydrogen (secondary N) is 1. The molecule has 1 aliphatic heterocycles. The topological polar surface area (TPSA) is 69.6 Å². The standard InChI is InChI=1S/C15H19FN2O3/c16-12-3-1-2-4-13(12)17-14(19)6-8-18-7-5-11(10-18)9-15(20)21/h1-4,11H,5-10H2,(H,17,19)(H,20,21). The van der Waals surface area contributed by atoms with Crippen molar-refractivity contribution in [3.05, 3.63) is 30.1 Å². The maximum atomic E-state index is 13.4. The molecule has 0 saturated carbocycles. The Morgan fingerprint density at radius 2 is 2.14 bits per heavy atom. The molecule has 2 N–H and O–H groups in total. The second-order valence-electron chi connectivity index (χ2n) is 5.33. The Kier molecular flexibility index (Phi) is 5.27. The van der Waals surface area contributed by atoms with Gasteiger partial charge >= 0.3 is 5.97 Å². The Balaban J connectivity index is 1.73. The Morgan fingerprint density at radius 1 is 1.38 bits per heavy atom. The molecule has 1 atom stereocenters. The highest BCUT2D eigenvalue weighted by Crippen LogP contribution is 2.19. The number of carbonyl (C=O) groups excluding carboxylic acids is 1. The Hall–Kier alpha value is -1.95. The van der Waals surface area contributed by atoms with Gasteiger partial charge in [0.2, 0.25) is 5.91 Å². The number of hydrogen-bond donors (Lipinski definition) is 2. The van der Waals surface area contributed by atoms with E-state index in [9.17, 15) is 14.0 Å². The van der Waals surface area contributed by atoms with Crippen LogP contribution in [-0.4, -0.2) is 41.5 Å². The summed E-state index contributed by atoms with van der Waals surface area (Å²) in [6.07, 6.45) is 1.30. The van der Waals surface area contributed by atoms with E-state index in [1.165, 1.54) is 12.1 Å². The summed E-state index contributed by atoms with van der Waals surface area (Å²) in [5.41, 5.74) is 0.188. The number of likely N-dealkylation sites (tertiary alicyclic amines) is 1. The van der Waals surface area contributed by atoms with Gasteiger partial charge in [0.05, 0.1) is 5.69 Å². The number of carboxylic acid groups (broad SMARTS) is 1. The molecule has 1 amide bonds. The summed E-state index contributed by atoms with van der Waals surface area (Å²) in [7, 11) is 0. The van der Waals surface area contributed by atoms with Crippen molar-refractivity contribution < 1.29 is 19.1 Å². The molecule has 6 heteroatoms. The predicted molar refractivity (Wildman–Crippen MR) is 76.4 cm³/mol. The van der Waals surface area contributed by atoms with Gasteiger partial charge in [-0.25, -0.2) is 4.39 Å². The maximum Gasteiger partial charge on any atom is 0.303 e. The zero-order chi connectivity index (χ0) is 15.2. The number of rotatable bonds is 6. The highest BCUT2D eigenvalue weighted by Gasteiger charge is 2.24. The number of benzene rings is 1. The monoisotopic (exact) mass is 294 g/mol. The van der Waals surface area contributed by atoms with E-state index >= 15 is 0 Å². The molecule has 0 aromatic heterocycles. The van der Waals surface area contributed by atoms with E-state index in [0.717, 1.165) is 13.0 Å². The molecule has 1 saturated heterocycles. The van der Waals surface area contributed by atoms with Crippen molar-refractivity contribution in [2.45, 2.75) is 19.3 Å². The van der Waals surface area contributed by atoms with Gasteiger partial charge in [0.25, 0.3) is 0 Å². The molecule has 0 bridgehead atoms. The van der Waals surface area contributed by atoms with Gasteiger partial charge in [-0.15, -0.1) is 0 Å². The summed E-state index contributed by atoms with van der Waals surface area (Å²) < 4.78 is 13.4. The second kappa shape index (κ2) is 7.17. The average molecular weight is 294 g/mol. The molecule has 0 radical (unpaired) electrons. The zero-order valence-corrected chi connectivity index (χ0v) is 11.7. The summed E-state index contributed by atoms with van der Waals surface area (Å²) in [5, 5.41) is 11.3. The molecule has 21 heavy (non-hydrogen) atoms. The van der Waals surface area contributed by atoms with Crippen LogP contribution in [0.25, 0.3) is 0 Å². The van der Waals surface area contributed by atoms with Crippen LogP contribution in [0.4, 0.5) is 10.1 Å². The lowest BCUT2D eigenvalue weighted by Crippen LogP contribution is -2.26. The van der Waals surface area contributed by atoms with E-state index in [2.05, 4.69) is 10.2 Å². The van der Waals surface area contributed by atoms with Crippen molar-refractivity contribution in [1.82, 2.24) is 4.90 Å². The molecule has 2 rings (SSSR count). The molecule has 1 aromatic carbocycles. The van der Waals surface area contributed by atoms with Gasteiger partial charge in [0.15, 0.2) is 0 Å². The van der Waals surface area contributed by atoms with Gasteiger partial charge in [-0.1, -0.05) is 12.1 Å². The average Bonchev–Trinajstić information content (AvgIpc) is 2.86. The fraction of sp³-hybridized carbons (Fsp3) is 0.467. The van der Waals surface area contributed by atoms with E-state index in [0.29, 0.717) is 13.1 Å². The van der Waals surface area contributed by atoms with Crippen LogP contribution in [0.3, 0.4) is 0 Å². The fourth-order valence-electron chi connectivity index (χ4n) is 2.56. The predicted octanol–water partition coefficient (Wildman–Crippen LogP) is 1.95. The molecule has 0 spiro atoms. The van der Waals surface area contributed by atoms with E-state index < -0.39 is 11.8 Å². The third-order valence-corrected chi connectivity index (χ3v) is 3.64. The molecular weight excluding hydrogens is 275 g/mol. The first-order valence-corrected chi connectivity index (χ1v) is 7.03. The van der Waals surface area contributed by atoms with Crippen LogP contribution in [0.5, 0.6) is 0 Å². The number of halogens is 1. The fourth-order valence-corrected chi connectivity index (χ4v) is 2.56. The molecule has 1 unspecified atom stereocenters. The van der Waals surface area contributed by atoms with E-state index in [1.807, 2.05) is 0 Å². The summed E-state index contributed by atoms with van der Waals surface area (Å²) >= 11 is 0. The van der Waals surface area contributed by atoms with Crippen molar-refractivity contribution in [1.29, 1.82) is 0 Å². The zero-order valence-electron chi connectivity index (χ0n) is 11.7. The number of nitrogens with zero attached hydrogens (tertiary/aromatic N) is 1. The first-order chi connectivity index (χ1) is 10.0. The lowest BCUT2D eigenvalue weighted by atomic mass is 10.1. The van der Waals surface area contributed by atoms with Crippen LogP contribution in [0, 0.1) is 11.7 Å². The third kappa shape index (κ3) is 4.82. The van der Waals surface area contributed by atoms with Gasteiger partial charge in [-0.2, -0.15) is 0 Å². The number of carbonyl (C=O) groups is 2. The van der Waals surface area contributed by atoms with Crippen molar-refractivity contribution in [3.63, 3.8) is 0 Å². The molecule has 1 fully saturated rings. The first kappa shape index (κ1) is 15.4. The minimum Gasteiger partial charge on any atom is -0.481 e. The number of aliphatic carboxylic acids is 1.